The van der Waals surface area contributed by atoms with Gasteiger partial charge >= 0.3 is 0 Å². The smallest absolute Gasteiger partial charge is 0.239 e. The maximum Gasteiger partial charge on any atom is 0.239 e. The largest absolute Gasteiger partial charge is 0.507 e. The van der Waals surface area contributed by atoms with Crippen LogP contribution in [0.5, 0.6) is 23.0 Å². The van der Waals surface area contributed by atoms with E-state index in [1.54, 1.807) is 6.07 Å². The Morgan fingerprint density at radius 3 is 2.10 bits per heavy atom. The second-order valence-electron chi connectivity index (χ2n) is 10.2. The molecule has 0 amide bonds. The fourth-order valence-electron chi connectivity index (χ4n) is 4.13. The SMILES string of the molecule is CCN(CC)CCCCOc1c(-c2ccc(OCC=C(C)C)cc2)oc2cc(OCC=C(C)C)cc(O)c2c1=O. The Morgan fingerprint density at radius 2 is 1.50 bits per heavy atom. The topological polar surface area (TPSA) is 81.4 Å². The van der Waals surface area contributed by atoms with Gasteiger partial charge in [0.25, 0.3) is 0 Å². The molecule has 2 aromatic carbocycles. The van der Waals surface area contributed by atoms with Gasteiger partial charge in [-0.3, -0.25) is 4.79 Å². The van der Waals surface area contributed by atoms with Crippen LogP contribution in [-0.4, -0.2) is 49.5 Å². The second kappa shape index (κ2) is 15.2. The molecule has 0 spiro atoms. The highest BCUT2D eigenvalue weighted by molar-refractivity contribution is 5.88. The Kier molecular flexibility index (Phi) is 11.7. The molecule has 3 rings (SSSR count). The van der Waals surface area contributed by atoms with E-state index in [9.17, 15) is 9.90 Å². The molecule has 7 nitrogen and oxygen atoms in total. The zero-order valence-corrected chi connectivity index (χ0v) is 24.7. The van der Waals surface area contributed by atoms with Gasteiger partial charge in [-0.15, -0.1) is 0 Å². The van der Waals surface area contributed by atoms with Crippen molar-refractivity contribution in [3.05, 3.63) is 69.9 Å². The first-order valence-electron chi connectivity index (χ1n) is 14.0. The van der Waals surface area contributed by atoms with Crippen LogP contribution in [0.4, 0.5) is 0 Å². The van der Waals surface area contributed by atoms with Crippen LogP contribution in [0.25, 0.3) is 22.3 Å². The van der Waals surface area contributed by atoms with Crippen molar-refractivity contribution in [1.82, 2.24) is 4.90 Å². The highest BCUT2D eigenvalue weighted by Crippen LogP contribution is 2.36. The minimum absolute atomic E-state index is 0.0677. The van der Waals surface area contributed by atoms with E-state index in [1.165, 1.54) is 11.6 Å². The number of benzene rings is 2. The molecule has 0 unspecified atom stereocenters. The molecule has 0 aliphatic carbocycles. The zero-order chi connectivity index (χ0) is 29.1. The van der Waals surface area contributed by atoms with Crippen LogP contribution in [0.2, 0.25) is 0 Å². The summed E-state index contributed by atoms with van der Waals surface area (Å²) in [7, 11) is 0. The van der Waals surface area contributed by atoms with Crippen molar-refractivity contribution in [3.8, 4) is 34.3 Å². The number of phenols is 1. The number of unbranched alkanes of at least 4 members (excludes halogenated alkanes) is 1. The Morgan fingerprint density at radius 1 is 0.875 bits per heavy atom. The minimum Gasteiger partial charge on any atom is -0.507 e. The van der Waals surface area contributed by atoms with E-state index in [1.807, 2.05) is 64.1 Å². The van der Waals surface area contributed by atoms with Crippen LogP contribution in [0, 0.1) is 0 Å². The summed E-state index contributed by atoms with van der Waals surface area (Å²) in [6.07, 6.45) is 5.67. The molecule has 216 valence electrons. The first-order chi connectivity index (χ1) is 19.2. The van der Waals surface area contributed by atoms with E-state index in [2.05, 4.69) is 18.7 Å². The van der Waals surface area contributed by atoms with Gasteiger partial charge in [0.2, 0.25) is 11.2 Å². The highest BCUT2D eigenvalue weighted by Gasteiger charge is 2.21. The van der Waals surface area contributed by atoms with Crippen molar-refractivity contribution in [3.63, 3.8) is 0 Å². The van der Waals surface area contributed by atoms with Crippen molar-refractivity contribution >= 4 is 11.0 Å². The van der Waals surface area contributed by atoms with Gasteiger partial charge < -0.3 is 28.6 Å². The fraction of sp³-hybridized carbons (Fsp3) is 0.424. The monoisotopic (exact) mass is 549 g/mol. The molecule has 0 saturated heterocycles. The lowest BCUT2D eigenvalue weighted by Gasteiger charge is -2.18. The van der Waals surface area contributed by atoms with Gasteiger partial charge in [-0.05, 0) is 96.6 Å². The maximum absolute atomic E-state index is 13.7. The number of rotatable bonds is 15. The van der Waals surface area contributed by atoms with Crippen molar-refractivity contribution in [2.24, 2.45) is 0 Å². The van der Waals surface area contributed by atoms with E-state index < -0.39 is 5.43 Å². The predicted molar refractivity (Wildman–Crippen MR) is 162 cm³/mol. The molecule has 0 radical (unpaired) electrons. The summed E-state index contributed by atoms with van der Waals surface area (Å²) in [5, 5.41) is 10.8. The summed E-state index contributed by atoms with van der Waals surface area (Å²) in [5.74, 6) is 1.29. The standard InChI is InChI=1S/C33H43NO6/c1-7-34(8-2)17-9-10-18-39-33-31(36)30-28(35)21-27(38-20-16-24(5)6)22-29(30)40-32(33)25-11-13-26(14-12-25)37-19-15-23(3)4/h11-16,21-22,35H,7-10,17-20H2,1-6H3. The number of allylic oxidation sites excluding steroid dienone is 2. The normalized spacial score (nSPS) is 11.0. The molecule has 0 bridgehead atoms. The maximum atomic E-state index is 13.7. The molecule has 7 heteroatoms. The first kappa shape index (κ1) is 30.8. The Bertz CT molecular complexity index is 1360. The van der Waals surface area contributed by atoms with Gasteiger partial charge in [0.05, 0.1) is 6.61 Å². The lowest BCUT2D eigenvalue weighted by molar-refractivity contribution is 0.263. The molecule has 0 saturated carbocycles. The van der Waals surface area contributed by atoms with Gasteiger partial charge in [-0.1, -0.05) is 25.0 Å². The molecule has 0 atom stereocenters. The van der Waals surface area contributed by atoms with E-state index in [4.69, 9.17) is 18.6 Å². The summed E-state index contributed by atoms with van der Waals surface area (Å²) in [6, 6.07) is 10.4. The molecule has 0 fully saturated rings. The molecule has 3 aromatic rings. The van der Waals surface area contributed by atoms with Gasteiger partial charge in [-0.2, -0.15) is 0 Å². The third-order valence-electron chi connectivity index (χ3n) is 6.52. The van der Waals surface area contributed by atoms with Gasteiger partial charge in [-0.25, -0.2) is 0 Å². The van der Waals surface area contributed by atoms with Crippen LogP contribution < -0.4 is 19.6 Å². The quantitative estimate of drug-likeness (QED) is 0.157. The zero-order valence-electron chi connectivity index (χ0n) is 24.7. The van der Waals surface area contributed by atoms with Gasteiger partial charge in [0.1, 0.15) is 41.4 Å². The number of nitrogens with zero attached hydrogens (tertiary/aromatic N) is 1. The van der Waals surface area contributed by atoms with E-state index in [0.29, 0.717) is 42.6 Å². The third kappa shape index (κ3) is 8.65. The molecule has 0 aliphatic heterocycles. The number of ether oxygens (including phenoxy) is 3. The lowest BCUT2D eigenvalue weighted by Crippen LogP contribution is -2.24. The minimum atomic E-state index is -0.419. The van der Waals surface area contributed by atoms with Crippen LogP contribution >= 0.6 is 0 Å². The van der Waals surface area contributed by atoms with Crippen molar-refractivity contribution < 1.29 is 23.7 Å². The Balaban J connectivity index is 1.95. The number of hydrogen-bond acceptors (Lipinski definition) is 7. The first-order valence-corrected chi connectivity index (χ1v) is 14.0. The molecule has 40 heavy (non-hydrogen) atoms. The molecular weight excluding hydrogens is 506 g/mol. The summed E-state index contributed by atoms with van der Waals surface area (Å²) in [6.45, 7) is 16.5. The van der Waals surface area contributed by atoms with Gasteiger partial charge in [0, 0.05) is 17.7 Å². The second-order valence-corrected chi connectivity index (χ2v) is 10.2. The summed E-state index contributed by atoms with van der Waals surface area (Å²) in [5.41, 5.74) is 2.77. The summed E-state index contributed by atoms with van der Waals surface area (Å²) in [4.78, 5) is 16.0. The van der Waals surface area contributed by atoms with E-state index in [-0.39, 0.29) is 22.5 Å². The van der Waals surface area contributed by atoms with E-state index >= 15 is 0 Å². The summed E-state index contributed by atoms with van der Waals surface area (Å²) >= 11 is 0. The molecule has 1 N–H and O–H groups in total. The lowest BCUT2D eigenvalue weighted by atomic mass is 10.1. The van der Waals surface area contributed by atoms with Crippen LogP contribution in [0.3, 0.4) is 0 Å². The number of aromatic hydroxyl groups is 1. The van der Waals surface area contributed by atoms with Crippen LogP contribution in [-0.2, 0) is 0 Å². The third-order valence-corrected chi connectivity index (χ3v) is 6.52. The Labute approximate surface area is 237 Å². The molecule has 1 heterocycles. The number of hydrogen-bond donors (Lipinski definition) is 1. The number of fused-ring (bicyclic) bond motifs is 1. The number of phenolic OH excluding ortho intramolecular Hbond substituents is 1. The predicted octanol–water partition coefficient (Wildman–Crippen LogP) is 7.36. The van der Waals surface area contributed by atoms with E-state index in [0.717, 1.165) is 38.0 Å². The summed E-state index contributed by atoms with van der Waals surface area (Å²) < 4.78 is 23.9. The van der Waals surface area contributed by atoms with Crippen LogP contribution in [0.15, 0.2) is 68.9 Å². The van der Waals surface area contributed by atoms with Crippen molar-refractivity contribution in [2.45, 2.75) is 54.4 Å². The molecule has 0 aliphatic rings. The highest BCUT2D eigenvalue weighted by atomic mass is 16.5. The van der Waals surface area contributed by atoms with Crippen LogP contribution in [0.1, 0.15) is 54.4 Å². The average Bonchev–Trinajstić information content (AvgIpc) is 2.91. The van der Waals surface area contributed by atoms with Gasteiger partial charge in [0.15, 0.2) is 5.76 Å². The van der Waals surface area contributed by atoms with Crippen molar-refractivity contribution in [1.29, 1.82) is 0 Å². The average molecular weight is 550 g/mol. The Hall–Kier alpha value is -3.71. The fourth-order valence-corrected chi connectivity index (χ4v) is 4.13. The molecule has 1 aromatic heterocycles. The van der Waals surface area contributed by atoms with Crippen molar-refractivity contribution in [2.75, 3.05) is 39.5 Å². The molecular formula is C33H43NO6.